The summed E-state index contributed by atoms with van der Waals surface area (Å²) in [6.45, 7) is 1.93. The summed E-state index contributed by atoms with van der Waals surface area (Å²) in [5.41, 5.74) is 8.48. The molecule has 0 aliphatic heterocycles. The van der Waals surface area contributed by atoms with E-state index < -0.39 is 6.10 Å². The van der Waals surface area contributed by atoms with E-state index in [1.54, 1.807) is 13.3 Å². The average Bonchev–Trinajstić information content (AvgIpc) is 2.42. The molecule has 1 unspecified atom stereocenters. The second-order valence-electron chi connectivity index (χ2n) is 4.56. The van der Waals surface area contributed by atoms with Crippen LogP contribution >= 0.6 is 0 Å². The van der Waals surface area contributed by atoms with E-state index in [0.29, 0.717) is 17.8 Å². The average molecular weight is 258 g/mol. The first kappa shape index (κ1) is 13.4. The van der Waals surface area contributed by atoms with E-state index in [1.807, 2.05) is 37.3 Å². The van der Waals surface area contributed by atoms with Gasteiger partial charge in [-0.1, -0.05) is 12.1 Å². The van der Waals surface area contributed by atoms with Crippen LogP contribution in [0.5, 0.6) is 5.75 Å². The molecule has 1 aromatic heterocycles. The lowest BCUT2D eigenvalue weighted by Gasteiger charge is -2.13. The largest absolute Gasteiger partial charge is 0.497 e. The highest BCUT2D eigenvalue weighted by Gasteiger charge is 2.13. The summed E-state index contributed by atoms with van der Waals surface area (Å²) in [7, 11) is 1.63. The number of hydrogen-bond donors (Lipinski definition) is 2. The number of aromatic nitrogens is 1. The topological polar surface area (TPSA) is 68.4 Å². The lowest BCUT2D eigenvalue weighted by Crippen LogP contribution is -2.07. The molecule has 0 amide bonds. The molecule has 0 fully saturated rings. The van der Waals surface area contributed by atoms with Gasteiger partial charge < -0.3 is 15.6 Å². The number of anilines is 1. The lowest BCUT2D eigenvalue weighted by molar-refractivity contribution is 0.179. The molecule has 100 valence electrons. The predicted octanol–water partition coefficient (Wildman–Crippen LogP) is 2.26. The molecule has 19 heavy (non-hydrogen) atoms. The lowest BCUT2D eigenvalue weighted by atomic mass is 10.0. The normalized spacial score (nSPS) is 12.2. The highest BCUT2D eigenvalue weighted by Crippen LogP contribution is 2.24. The molecule has 0 radical (unpaired) electrons. The van der Waals surface area contributed by atoms with E-state index in [9.17, 15) is 5.11 Å². The van der Waals surface area contributed by atoms with Crippen LogP contribution in [0.3, 0.4) is 0 Å². The number of ether oxygens (including phenoxy) is 1. The Labute approximate surface area is 112 Å². The van der Waals surface area contributed by atoms with Gasteiger partial charge in [0.1, 0.15) is 11.6 Å². The van der Waals surface area contributed by atoms with E-state index in [1.165, 1.54) is 0 Å². The Morgan fingerprint density at radius 3 is 2.63 bits per heavy atom. The Hall–Kier alpha value is -2.07. The minimum Gasteiger partial charge on any atom is -0.497 e. The number of hydrogen-bond acceptors (Lipinski definition) is 4. The maximum Gasteiger partial charge on any atom is 0.129 e. The van der Waals surface area contributed by atoms with Crippen molar-refractivity contribution < 1.29 is 9.84 Å². The fraction of sp³-hybridized carbons (Fsp3) is 0.267. The first-order chi connectivity index (χ1) is 9.10. The molecule has 4 heteroatoms. The molecule has 0 aliphatic carbocycles. The third-order valence-electron chi connectivity index (χ3n) is 3.03. The monoisotopic (exact) mass is 258 g/mol. The minimum absolute atomic E-state index is 0.381. The van der Waals surface area contributed by atoms with Gasteiger partial charge in [0, 0.05) is 18.2 Å². The van der Waals surface area contributed by atoms with Gasteiger partial charge in [0.25, 0.3) is 0 Å². The van der Waals surface area contributed by atoms with Crippen molar-refractivity contribution in [2.24, 2.45) is 0 Å². The van der Waals surface area contributed by atoms with E-state index in [4.69, 9.17) is 10.5 Å². The Kier molecular flexibility index (Phi) is 4.02. The number of aryl methyl sites for hydroxylation is 1. The van der Waals surface area contributed by atoms with Gasteiger partial charge in [-0.05, 0) is 36.2 Å². The fourth-order valence-electron chi connectivity index (χ4n) is 1.96. The van der Waals surface area contributed by atoms with Crippen LogP contribution in [0.4, 0.5) is 5.82 Å². The summed E-state index contributed by atoms with van der Waals surface area (Å²) in [6.07, 6.45) is 1.54. The predicted molar refractivity (Wildman–Crippen MR) is 75.0 cm³/mol. The standard InChI is InChI=1S/C15H18N2O2/c1-10-7-13(15(16)17-9-10)14(18)8-11-3-5-12(19-2)6-4-11/h3-7,9,14,18H,8H2,1-2H3,(H2,16,17). The molecule has 2 aromatic rings. The highest BCUT2D eigenvalue weighted by atomic mass is 16.5. The fourth-order valence-corrected chi connectivity index (χ4v) is 1.96. The van der Waals surface area contributed by atoms with Crippen LogP contribution in [0.25, 0.3) is 0 Å². The molecule has 1 heterocycles. The molecule has 4 nitrogen and oxygen atoms in total. The Morgan fingerprint density at radius 1 is 1.32 bits per heavy atom. The van der Waals surface area contributed by atoms with Crippen LogP contribution in [-0.2, 0) is 6.42 Å². The van der Waals surface area contributed by atoms with Crippen LogP contribution < -0.4 is 10.5 Å². The zero-order valence-corrected chi connectivity index (χ0v) is 11.1. The number of nitrogen functional groups attached to an aromatic ring is 1. The van der Waals surface area contributed by atoms with Crippen LogP contribution in [0.15, 0.2) is 36.5 Å². The highest BCUT2D eigenvalue weighted by molar-refractivity contribution is 5.43. The van der Waals surface area contributed by atoms with Crippen LogP contribution in [0.1, 0.15) is 22.8 Å². The summed E-state index contributed by atoms with van der Waals surface area (Å²) in [5, 5.41) is 10.3. The van der Waals surface area contributed by atoms with E-state index >= 15 is 0 Å². The van der Waals surface area contributed by atoms with Gasteiger partial charge in [-0.3, -0.25) is 0 Å². The maximum absolute atomic E-state index is 10.3. The summed E-state index contributed by atoms with van der Waals surface area (Å²) in [5.74, 6) is 1.18. The summed E-state index contributed by atoms with van der Waals surface area (Å²) in [4.78, 5) is 4.07. The van der Waals surface area contributed by atoms with Gasteiger partial charge in [0.15, 0.2) is 0 Å². The van der Waals surface area contributed by atoms with Crippen molar-refractivity contribution in [3.05, 3.63) is 53.2 Å². The molecule has 2 rings (SSSR count). The van der Waals surface area contributed by atoms with Gasteiger partial charge in [-0.2, -0.15) is 0 Å². The van der Waals surface area contributed by atoms with E-state index in [-0.39, 0.29) is 0 Å². The number of aliphatic hydroxyl groups is 1. The van der Waals surface area contributed by atoms with Crippen LogP contribution in [0.2, 0.25) is 0 Å². The zero-order valence-electron chi connectivity index (χ0n) is 11.1. The van der Waals surface area contributed by atoms with Crippen molar-refractivity contribution in [3.8, 4) is 5.75 Å². The number of benzene rings is 1. The summed E-state index contributed by atoms with van der Waals surface area (Å²) in [6, 6.07) is 9.49. The Bertz CT molecular complexity index is 553. The van der Waals surface area contributed by atoms with Crippen molar-refractivity contribution in [2.75, 3.05) is 12.8 Å². The van der Waals surface area contributed by atoms with Gasteiger partial charge in [-0.25, -0.2) is 4.98 Å². The molecule has 0 saturated heterocycles. The molecule has 1 aromatic carbocycles. The van der Waals surface area contributed by atoms with Crippen molar-refractivity contribution in [1.29, 1.82) is 0 Å². The zero-order chi connectivity index (χ0) is 13.8. The molecular formula is C15H18N2O2. The quantitative estimate of drug-likeness (QED) is 0.882. The Balaban J connectivity index is 2.15. The number of rotatable bonds is 4. The molecule has 0 spiro atoms. The smallest absolute Gasteiger partial charge is 0.129 e. The Morgan fingerprint density at radius 2 is 2.00 bits per heavy atom. The van der Waals surface area contributed by atoms with Crippen LogP contribution in [-0.4, -0.2) is 17.2 Å². The van der Waals surface area contributed by atoms with Gasteiger partial charge in [0.2, 0.25) is 0 Å². The first-order valence-corrected chi connectivity index (χ1v) is 6.13. The first-order valence-electron chi connectivity index (χ1n) is 6.13. The molecule has 0 saturated carbocycles. The van der Waals surface area contributed by atoms with E-state index in [2.05, 4.69) is 4.98 Å². The van der Waals surface area contributed by atoms with Crippen molar-refractivity contribution in [1.82, 2.24) is 4.98 Å². The van der Waals surface area contributed by atoms with Gasteiger partial charge in [-0.15, -0.1) is 0 Å². The third-order valence-corrected chi connectivity index (χ3v) is 3.03. The number of nitrogens with two attached hydrogens (primary N) is 1. The molecule has 0 aliphatic rings. The van der Waals surface area contributed by atoms with Crippen molar-refractivity contribution in [2.45, 2.75) is 19.4 Å². The molecule has 1 atom stereocenters. The number of pyridine rings is 1. The molecule has 3 N–H and O–H groups in total. The third kappa shape index (κ3) is 3.23. The number of methoxy groups -OCH3 is 1. The second-order valence-corrected chi connectivity index (χ2v) is 4.56. The molecular weight excluding hydrogens is 240 g/mol. The van der Waals surface area contributed by atoms with Crippen LogP contribution in [0, 0.1) is 6.92 Å². The van der Waals surface area contributed by atoms with E-state index in [0.717, 1.165) is 16.9 Å². The van der Waals surface area contributed by atoms with Crippen molar-refractivity contribution in [3.63, 3.8) is 0 Å². The van der Waals surface area contributed by atoms with Gasteiger partial charge in [0.05, 0.1) is 13.2 Å². The number of nitrogens with zero attached hydrogens (tertiary/aromatic N) is 1. The molecule has 0 bridgehead atoms. The van der Waals surface area contributed by atoms with Gasteiger partial charge >= 0.3 is 0 Å². The second kappa shape index (κ2) is 5.71. The minimum atomic E-state index is -0.652. The SMILES string of the molecule is COc1ccc(CC(O)c2cc(C)cnc2N)cc1. The summed E-state index contributed by atoms with van der Waals surface area (Å²) >= 11 is 0. The number of aliphatic hydroxyl groups excluding tert-OH is 1. The maximum atomic E-state index is 10.3. The van der Waals surface area contributed by atoms with Crippen molar-refractivity contribution >= 4 is 5.82 Å². The summed E-state index contributed by atoms with van der Waals surface area (Å²) < 4.78 is 5.10.